The van der Waals surface area contributed by atoms with Crippen molar-refractivity contribution in [2.75, 3.05) is 46.1 Å². The van der Waals surface area contributed by atoms with Crippen molar-refractivity contribution in [2.24, 2.45) is 0 Å². The maximum atomic E-state index is 6.02. The molecule has 0 saturated carbocycles. The van der Waals surface area contributed by atoms with Crippen molar-refractivity contribution in [2.45, 2.75) is 32.0 Å². The fourth-order valence-electron chi connectivity index (χ4n) is 3.00. The van der Waals surface area contributed by atoms with Crippen LogP contribution in [0.4, 0.5) is 0 Å². The summed E-state index contributed by atoms with van der Waals surface area (Å²) in [5.74, 6) is 1.68. The summed E-state index contributed by atoms with van der Waals surface area (Å²) in [7, 11) is 0. The molecule has 0 amide bonds. The van der Waals surface area contributed by atoms with E-state index in [0.717, 1.165) is 57.2 Å². The minimum atomic E-state index is 0.0722. The molecular formula is C18H27NO4. The number of rotatable bonds is 8. The zero-order chi connectivity index (χ0) is 15.9. The Morgan fingerprint density at radius 2 is 2.09 bits per heavy atom. The molecule has 5 nitrogen and oxygen atoms in total. The number of benzene rings is 1. The Kier molecular flexibility index (Phi) is 6.13. The number of hydrogen-bond acceptors (Lipinski definition) is 5. The van der Waals surface area contributed by atoms with Gasteiger partial charge in [0.1, 0.15) is 12.7 Å². The predicted molar refractivity (Wildman–Crippen MR) is 88.3 cm³/mol. The Hall–Kier alpha value is -1.30. The van der Waals surface area contributed by atoms with E-state index >= 15 is 0 Å². The van der Waals surface area contributed by atoms with Crippen molar-refractivity contribution >= 4 is 0 Å². The molecule has 3 rings (SSSR count). The quantitative estimate of drug-likeness (QED) is 0.687. The van der Waals surface area contributed by atoms with Gasteiger partial charge in [-0.25, -0.2) is 0 Å². The van der Waals surface area contributed by atoms with Crippen molar-refractivity contribution in [3.63, 3.8) is 0 Å². The van der Waals surface area contributed by atoms with Gasteiger partial charge < -0.3 is 18.9 Å². The largest absolute Gasteiger partial charge is 0.486 e. The lowest BCUT2D eigenvalue weighted by molar-refractivity contribution is 0.00441. The molecule has 1 saturated heterocycles. The average molecular weight is 321 g/mol. The molecule has 128 valence electrons. The Bertz CT molecular complexity index is 476. The van der Waals surface area contributed by atoms with Crippen molar-refractivity contribution in [1.29, 1.82) is 0 Å². The van der Waals surface area contributed by atoms with Crippen LogP contribution in [0, 0.1) is 0 Å². The van der Waals surface area contributed by atoms with Gasteiger partial charge in [-0.15, -0.1) is 0 Å². The molecule has 0 aromatic heterocycles. The summed E-state index contributed by atoms with van der Waals surface area (Å²) in [5, 5.41) is 0. The predicted octanol–water partition coefficient (Wildman–Crippen LogP) is 2.34. The summed E-state index contributed by atoms with van der Waals surface area (Å²) >= 11 is 0. The summed E-state index contributed by atoms with van der Waals surface area (Å²) in [4.78, 5) is 2.34. The first-order chi connectivity index (χ1) is 11.3. The van der Waals surface area contributed by atoms with E-state index in [1.165, 1.54) is 0 Å². The zero-order valence-electron chi connectivity index (χ0n) is 13.9. The van der Waals surface area contributed by atoms with Crippen LogP contribution in [0.15, 0.2) is 24.3 Å². The normalized spacial score (nSPS) is 23.4. The molecule has 2 unspecified atom stereocenters. The second-order valence-corrected chi connectivity index (χ2v) is 6.10. The minimum Gasteiger partial charge on any atom is -0.486 e. The summed E-state index contributed by atoms with van der Waals surface area (Å²) in [5.41, 5.74) is 0. The Labute approximate surface area is 138 Å². The van der Waals surface area contributed by atoms with Gasteiger partial charge in [-0.05, 0) is 31.5 Å². The second kappa shape index (κ2) is 8.52. The van der Waals surface area contributed by atoms with Crippen LogP contribution in [0.3, 0.4) is 0 Å². The molecule has 0 spiro atoms. The Balaban J connectivity index is 1.37. The minimum absolute atomic E-state index is 0.0722. The van der Waals surface area contributed by atoms with Gasteiger partial charge in [0, 0.05) is 19.7 Å². The van der Waals surface area contributed by atoms with E-state index in [-0.39, 0.29) is 6.10 Å². The van der Waals surface area contributed by atoms with E-state index in [1.54, 1.807) is 0 Å². The van der Waals surface area contributed by atoms with Gasteiger partial charge >= 0.3 is 0 Å². The molecule has 1 aromatic rings. The molecule has 5 heteroatoms. The molecule has 0 aliphatic carbocycles. The highest BCUT2D eigenvalue weighted by Crippen LogP contribution is 2.30. The molecule has 1 fully saturated rings. The molecule has 23 heavy (non-hydrogen) atoms. The molecule has 2 aliphatic rings. The van der Waals surface area contributed by atoms with Crippen LogP contribution in [0.2, 0.25) is 0 Å². The van der Waals surface area contributed by atoms with E-state index in [1.807, 2.05) is 24.3 Å². The maximum absolute atomic E-state index is 6.02. The highest BCUT2D eigenvalue weighted by Gasteiger charge is 2.22. The molecule has 0 radical (unpaired) electrons. The van der Waals surface area contributed by atoms with Crippen molar-refractivity contribution < 1.29 is 18.9 Å². The van der Waals surface area contributed by atoms with E-state index in [2.05, 4.69) is 11.8 Å². The first kappa shape index (κ1) is 16.6. The monoisotopic (exact) mass is 321 g/mol. The molecule has 0 bridgehead atoms. The van der Waals surface area contributed by atoms with E-state index in [0.29, 0.717) is 19.3 Å². The standard InChI is InChI=1S/C18H27NO4/c1-2-19(9-11-20-13-15-6-5-10-21-15)12-16-14-22-17-7-3-4-8-18(17)23-16/h3-4,7-8,15-16H,2,5-6,9-14H2,1H3. The third kappa shape index (κ3) is 4.83. The lowest BCUT2D eigenvalue weighted by atomic mass is 10.2. The molecule has 2 heterocycles. The van der Waals surface area contributed by atoms with Crippen molar-refractivity contribution in [3.8, 4) is 11.5 Å². The molecule has 0 N–H and O–H groups in total. The lowest BCUT2D eigenvalue weighted by Gasteiger charge is -2.30. The van der Waals surface area contributed by atoms with Gasteiger partial charge in [0.05, 0.1) is 19.3 Å². The van der Waals surface area contributed by atoms with Crippen LogP contribution in [0.5, 0.6) is 11.5 Å². The average Bonchev–Trinajstić information content (AvgIpc) is 3.11. The summed E-state index contributed by atoms with van der Waals surface area (Å²) in [6, 6.07) is 7.85. The number of nitrogens with zero attached hydrogens (tertiary/aromatic N) is 1. The maximum Gasteiger partial charge on any atom is 0.161 e. The van der Waals surface area contributed by atoms with E-state index in [9.17, 15) is 0 Å². The lowest BCUT2D eigenvalue weighted by Crippen LogP contribution is -2.42. The number of hydrogen-bond donors (Lipinski definition) is 0. The smallest absolute Gasteiger partial charge is 0.161 e. The van der Waals surface area contributed by atoms with E-state index < -0.39 is 0 Å². The first-order valence-electron chi connectivity index (χ1n) is 8.65. The third-order valence-corrected chi connectivity index (χ3v) is 4.36. The molecule has 2 aliphatic heterocycles. The van der Waals surface area contributed by atoms with Crippen LogP contribution in [0.25, 0.3) is 0 Å². The molecule has 2 atom stereocenters. The Morgan fingerprint density at radius 3 is 2.87 bits per heavy atom. The van der Waals surface area contributed by atoms with Crippen LogP contribution in [-0.4, -0.2) is 63.2 Å². The van der Waals surface area contributed by atoms with Gasteiger partial charge in [0.2, 0.25) is 0 Å². The number of fused-ring (bicyclic) bond motifs is 1. The van der Waals surface area contributed by atoms with Gasteiger partial charge in [0.25, 0.3) is 0 Å². The molecular weight excluding hydrogens is 294 g/mol. The molecule has 1 aromatic carbocycles. The van der Waals surface area contributed by atoms with Gasteiger partial charge in [-0.3, -0.25) is 4.90 Å². The number of ether oxygens (including phenoxy) is 4. The van der Waals surface area contributed by atoms with Crippen molar-refractivity contribution in [3.05, 3.63) is 24.3 Å². The highest BCUT2D eigenvalue weighted by molar-refractivity contribution is 5.40. The highest BCUT2D eigenvalue weighted by atomic mass is 16.6. The summed E-state index contributed by atoms with van der Waals surface area (Å²) in [6.45, 7) is 7.84. The third-order valence-electron chi connectivity index (χ3n) is 4.36. The van der Waals surface area contributed by atoms with Crippen molar-refractivity contribution in [1.82, 2.24) is 4.90 Å². The summed E-state index contributed by atoms with van der Waals surface area (Å²) < 4.78 is 23.1. The van der Waals surface area contributed by atoms with Gasteiger partial charge in [-0.1, -0.05) is 19.1 Å². The van der Waals surface area contributed by atoms with E-state index in [4.69, 9.17) is 18.9 Å². The van der Waals surface area contributed by atoms with Crippen LogP contribution in [-0.2, 0) is 9.47 Å². The van der Waals surface area contributed by atoms with Crippen LogP contribution < -0.4 is 9.47 Å². The topological polar surface area (TPSA) is 40.2 Å². The fraction of sp³-hybridized carbons (Fsp3) is 0.667. The Morgan fingerprint density at radius 1 is 1.22 bits per heavy atom. The first-order valence-corrected chi connectivity index (χ1v) is 8.65. The van der Waals surface area contributed by atoms with Crippen LogP contribution in [0.1, 0.15) is 19.8 Å². The number of likely N-dealkylation sites (N-methyl/N-ethyl adjacent to an activating group) is 1. The van der Waals surface area contributed by atoms with Gasteiger partial charge in [-0.2, -0.15) is 0 Å². The number of para-hydroxylation sites is 2. The zero-order valence-corrected chi connectivity index (χ0v) is 13.9. The second-order valence-electron chi connectivity index (χ2n) is 6.10. The SMILES string of the molecule is CCN(CCOCC1CCCO1)CC1COc2ccccc2O1. The fourth-order valence-corrected chi connectivity index (χ4v) is 3.00. The summed E-state index contributed by atoms with van der Waals surface area (Å²) in [6.07, 6.45) is 2.67. The van der Waals surface area contributed by atoms with Crippen LogP contribution >= 0.6 is 0 Å². The van der Waals surface area contributed by atoms with Gasteiger partial charge in [0.15, 0.2) is 11.5 Å².